The molecule has 0 saturated heterocycles. The number of nitrogens with one attached hydrogen (secondary N) is 4. The van der Waals surface area contributed by atoms with Crippen molar-refractivity contribution in [3.8, 4) is 0 Å². The van der Waals surface area contributed by atoms with E-state index in [-0.39, 0.29) is 35.8 Å². The molecule has 1 fully saturated rings. The maximum absolute atomic E-state index is 12.7. The van der Waals surface area contributed by atoms with Gasteiger partial charge in [0.2, 0.25) is 5.91 Å². The van der Waals surface area contributed by atoms with Crippen LogP contribution in [0.1, 0.15) is 73.6 Å². The van der Waals surface area contributed by atoms with Crippen LogP contribution in [0.15, 0.2) is 42.5 Å². The molecule has 8 heteroatoms. The third-order valence-corrected chi connectivity index (χ3v) is 5.85. The van der Waals surface area contributed by atoms with Crippen LogP contribution in [0.2, 0.25) is 5.02 Å². The molecule has 4 N–H and O–H groups in total. The lowest BCUT2D eigenvalue weighted by Gasteiger charge is -2.23. The summed E-state index contributed by atoms with van der Waals surface area (Å²) in [5.74, 6) is -0.617. The first-order chi connectivity index (χ1) is 16.1. The smallest absolute Gasteiger partial charge is 0.253 e. The maximum Gasteiger partial charge on any atom is 0.253 e. The Balaban J connectivity index is 1.53. The second-order valence-electron chi connectivity index (χ2n) is 9.69. The number of benzene rings is 2. The monoisotopic (exact) mass is 484 g/mol. The molecule has 3 rings (SSSR count). The fourth-order valence-corrected chi connectivity index (χ4v) is 4.03. The summed E-state index contributed by atoms with van der Waals surface area (Å²) in [6, 6.07) is 11.9. The molecule has 34 heavy (non-hydrogen) atoms. The Labute approximate surface area is 206 Å². The minimum absolute atomic E-state index is 0.0115. The fourth-order valence-electron chi connectivity index (χ4n) is 3.82. The van der Waals surface area contributed by atoms with Crippen molar-refractivity contribution in [2.24, 2.45) is 0 Å². The average Bonchev–Trinajstić information content (AvgIpc) is 2.78. The first kappa shape index (κ1) is 25.6. The molecule has 1 aliphatic rings. The van der Waals surface area contributed by atoms with Crippen LogP contribution < -0.4 is 21.3 Å². The van der Waals surface area contributed by atoms with Gasteiger partial charge in [0.05, 0.1) is 17.1 Å². The van der Waals surface area contributed by atoms with E-state index in [9.17, 15) is 14.4 Å². The SMILES string of the molecule is CC(C)(C)NC(=O)c1ccc(NC(=O)CNc2ccc(Cl)c(C(=O)NC3CCCCC3)c2)cc1. The van der Waals surface area contributed by atoms with Crippen LogP contribution in [0.4, 0.5) is 11.4 Å². The van der Waals surface area contributed by atoms with Crippen molar-refractivity contribution in [3.63, 3.8) is 0 Å². The Hall–Kier alpha value is -3.06. The number of halogens is 1. The van der Waals surface area contributed by atoms with Gasteiger partial charge in [-0.1, -0.05) is 30.9 Å². The third-order valence-electron chi connectivity index (χ3n) is 5.52. The summed E-state index contributed by atoms with van der Waals surface area (Å²) < 4.78 is 0. The van der Waals surface area contributed by atoms with Crippen LogP contribution in [0.25, 0.3) is 0 Å². The molecule has 1 saturated carbocycles. The van der Waals surface area contributed by atoms with Crippen LogP contribution >= 0.6 is 11.6 Å². The van der Waals surface area contributed by atoms with Crippen molar-refractivity contribution in [2.45, 2.75) is 64.5 Å². The predicted octanol–water partition coefficient (Wildman–Crippen LogP) is 4.98. The average molecular weight is 485 g/mol. The standard InChI is InChI=1S/C26H33ClN4O3/c1-26(2,3)31-24(33)17-9-11-19(12-10-17)29-23(32)16-28-20-13-14-22(27)21(15-20)25(34)30-18-7-5-4-6-8-18/h9-15,18,28H,4-8,16H2,1-3H3,(H,29,32)(H,30,34)(H,31,33). The highest BCUT2D eigenvalue weighted by Crippen LogP contribution is 2.23. The first-order valence-corrected chi connectivity index (χ1v) is 12.1. The number of carbonyl (C=O) groups excluding carboxylic acids is 3. The Morgan fingerprint density at radius 3 is 2.21 bits per heavy atom. The number of anilines is 2. The van der Waals surface area contributed by atoms with E-state index >= 15 is 0 Å². The number of hydrogen-bond donors (Lipinski definition) is 4. The second-order valence-corrected chi connectivity index (χ2v) is 10.1. The highest BCUT2D eigenvalue weighted by molar-refractivity contribution is 6.34. The molecule has 0 bridgehead atoms. The highest BCUT2D eigenvalue weighted by Gasteiger charge is 2.19. The Kier molecular flexibility index (Phi) is 8.56. The van der Waals surface area contributed by atoms with Gasteiger partial charge in [-0.05, 0) is 76.1 Å². The molecule has 182 valence electrons. The van der Waals surface area contributed by atoms with Gasteiger partial charge in [-0.3, -0.25) is 14.4 Å². The maximum atomic E-state index is 12.7. The van der Waals surface area contributed by atoms with Gasteiger partial charge >= 0.3 is 0 Å². The van der Waals surface area contributed by atoms with Crippen molar-refractivity contribution in [1.82, 2.24) is 10.6 Å². The van der Waals surface area contributed by atoms with Crippen molar-refractivity contribution >= 4 is 40.7 Å². The highest BCUT2D eigenvalue weighted by atomic mass is 35.5. The van der Waals surface area contributed by atoms with Crippen molar-refractivity contribution in [3.05, 3.63) is 58.6 Å². The molecule has 2 aromatic rings. The van der Waals surface area contributed by atoms with Crippen molar-refractivity contribution < 1.29 is 14.4 Å². The van der Waals surface area contributed by atoms with Crippen LogP contribution in [0.3, 0.4) is 0 Å². The quantitative estimate of drug-likeness (QED) is 0.445. The van der Waals surface area contributed by atoms with Gasteiger partial charge in [-0.15, -0.1) is 0 Å². The summed E-state index contributed by atoms with van der Waals surface area (Å²) in [5.41, 5.74) is 1.80. The largest absolute Gasteiger partial charge is 0.376 e. The summed E-state index contributed by atoms with van der Waals surface area (Å²) in [4.78, 5) is 37.3. The van der Waals surface area contributed by atoms with Crippen LogP contribution in [-0.4, -0.2) is 35.8 Å². The lowest BCUT2D eigenvalue weighted by Crippen LogP contribution is -2.40. The minimum atomic E-state index is -0.326. The lowest BCUT2D eigenvalue weighted by molar-refractivity contribution is -0.114. The molecule has 3 amide bonds. The van der Waals surface area contributed by atoms with Gasteiger partial charge in [0.25, 0.3) is 11.8 Å². The summed E-state index contributed by atoms with van der Waals surface area (Å²) in [6.07, 6.45) is 5.45. The van der Waals surface area contributed by atoms with Gasteiger partial charge in [0.1, 0.15) is 0 Å². The van der Waals surface area contributed by atoms with Gasteiger partial charge in [0, 0.05) is 28.5 Å². The number of rotatable bonds is 7. The molecule has 0 unspecified atom stereocenters. The van der Waals surface area contributed by atoms with E-state index in [0.717, 1.165) is 25.7 Å². The summed E-state index contributed by atoms with van der Waals surface area (Å²) in [7, 11) is 0. The normalized spacial score (nSPS) is 14.2. The molecule has 1 aliphatic carbocycles. The minimum Gasteiger partial charge on any atom is -0.376 e. The van der Waals surface area contributed by atoms with E-state index in [4.69, 9.17) is 11.6 Å². The molecule has 0 spiro atoms. The van der Waals surface area contributed by atoms with E-state index in [2.05, 4.69) is 21.3 Å². The zero-order valence-corrected chi connectivity index (χ0v) is 20.7. The van der Waals surface area contributed by atoms with Crippen molar-refractivity contribution in [1.29, 1.82) is 0 Å². The van der Waals surface area contributed by atoms with Crippen LogP contribution in [-0.2, 0) is 4.79 Å². The van der Waals surface area contributed by atoms with Gasteiger partial charge in [-0.2, -0.15) is 0 Å². The van der Waals surface area contributed by atoms with Gasteiger partial charge in [-0.25, -0.2) is 0 Å². The number of amides is 3. The predicted molar refractivity (Wildman–Crippen MR) is 137 cm³/mol. The first-order valence-electron chi connectivity index (χ1n) is 11.7. The fraction of sp³-hybridized carbons (Fsp3) is 0.423. The van der Waals surface area contributed by atoms with Crippen molar-refractivity contribution in [2.75, 3.05) is 17.2 Å². The van der Waals surface area contributed by atoms with Gasteiger partial charge in [0.15, 0.2) is 0 Å². The lowest BCUT2D eigenvalue weighted by atomic mass is 9.95. The zero-order valence-electron chi connectivity index (χ0n) is 20.0. The third kappa shape index (κ3) is 7.76. The van der Waals surface area contributed by atoms with Gasteiger partial charge < -0.3 is 21.3 Å². The summed E-state index contributed by atoms with van der Waals surface area (Å²) in [6.45, 7) is 5.76. The van der Waals surface area contributed by atoms with E-state index < -0.39 is 0 Å². The second kappa shape index (κ2) is 11.4. The topological polar surface area (TPSA) is 99.3 Å². The summed E-state index contributed by atoms with van der Waals surface area (Å²) >= 11 is 6.25. The van der Waals surface area contributed by atoms with E-state index in [1.807, 2.05) is 20.8 Å². The molecule has 0 radical (unpaired) electrons. The van der Waals surface area contributed by atoms with Crippen LogP contribution in [0.5, 0.6) is 0 Å². The van der Waals surface area contributed by atoms with Crippen LogP contribution in [0, 0.1) is 0 Å². The molecular weight excluding hydrogens is 452 g/mol. The molecule has 0 aliphatic heterocycles. The number of hydrogen-bond acceptors (Lipinski definition) is 4. The molecular formula is C26H33ClN4O3. The van der Waals surface area contributed by atoms with E-state index in [1.165, 1.54) is 6.42 Å². The molecule has 0 heterocycles. The number of carbonyl (C=O) groups is 3. The Morgan fingerprint density at radius 1 is 0.912 bits per heavy atom. The molecule has 0 aromatic heterocycles. The van der Waals surface area contributed by atoms with E-state index in [1.54, 1.807) is 42.5 Å². The Morgan fingerprint density at radius 2 is 1.56 bits per heavy atom. The summed E-state index contributed by atoms with van der Waals surface area (Å²) in [5, 5.41) is 12.2. The van der Waals surface area contributed by atoms with E-state index in [0.29, 0.717) is 27.5 Å². The molecule has 2 aromatic carbocycles. The molecule has 7 nitrogen and oxygen atoms in total. The zero-order chi connectivity index (χ0) is 24.7. The molecule has 0 atom stereocenters. The Bertz CT molecular complexity index is 1030.